The predicted octanol–water partition coefficient (Wildman–Crippen LogP) is 5.69. The summed E-state index contributed by atoms with van der Waals surface area (Å²) in [5.74, 6) is 0. The van der Waals surface area contributed by atoms with Crippen LogP contribution >= 0.6 is 59.3 Å². The average molecular weight is 592 g/mol. The van der Waals surface area contributed by atoms with Crippen molar-refractivity contribution >= 4 is 62.8 Å². The average Bonchev–Trinajstić information content (AvgIpc) is 2.91. The SMILES string of the molecule is C=CCn1c(=O)n(C)c(=O)n(CC=C)c1=O.CSC(=S)SC.Cc1ccc2c(c1)Sc1ccccc1S2. The second kappa shape index (κ2) is 15.3. The molecule has 0 atom stereocenters. The third-order valence-corrected chi connectivity index (χ3v) is 10.1. The Labute approximate surface area is 239 Å². The molecule has 37 heavy (non-hydrogen) atoms. The lowest BCUT2D eigenvalue weighted by Gasteiger charge is -2.18. The number of nitrogens with zero attached hydrogens (tertiary/aromatic N) is 3. The van der Waals surface area contributed by atoms with Gasteiger partial charge in [0, 0.05) is 26.6 Å². The first-order chi connectivity index (χ1) is 17.7. The highest BCUT2D eigenvalue weighted by molar-refractivity contribution is 8.46. The van der Waals surface area contributed by atoms with Gasteiger partial charge in [0.25, 0.3) is 0 Å². The molecule has 0 N–H and O–H groups in total. The first kappa shape index (κ1) is 31.0. The van der Waals surface area contributed by atoms with E-state index < -0.39 is 17.1 Å². The van der Waals surface area contributed by atoms with Crippen LogP contribution in [-0.4, -0.2) is 29.7 Å². The zero-order chi connectivity index (χ0) is 27.5. The van der Waals surface area contributed by atoms with Gasteiger partial charge in [0.15, 0.2) is 0 Å². The summed E-state index contributed by atoms with van der Waals surface area (Å²) in [6.07, 6.45) is 6.81. The Morgan fingerprint density at radius 1 is 0.838 bits per heavy atom. The van der Waals surface area contributed by atoms with E-state index in [2.05, 4.69) is 62.5 Å². The molecule has 0 aliphatic carbocycles. The van der Waals surface area contributed by atoms with Crippen LogP contribution in [0.3, 0.4) is 0 Å². The predicted molar refractivity (Wildman–Crippen MR) is 166 cm³/mol. The number of hydrogen-bond donors (Lipinski definition) is 0. The van der Waals surface area contributed by atoms with Crippen LogP contribution in [0.15, 0.2) is 102 Å². The van der Waals surface area contributed by atoms with Crippen molar-refractivity contribution in [2.75, 3.05) is 12.5 Å². The Balaban J connectivity index is 0.000000215. The molecule has 2 heterocycles. The molecule has 0 radical (unpaired) electrons. The van der Waals surface area contributed by atoms with E-state index in [1.54, 1.807) is 23.5 Å². The third-order valence-electron chi connectivity index (χ3n) is 4.84. The first-order valence-corrected chi connectivity index (χ1v) is 15.5. The second-order valence-corrected chi connectivity index (χ2v) is 12.4. The van der Waals surface area contributed by atoms with Gasteiger partial charge in [0.1, 0.15) is 3.53 Å². The topological polar surface area (TPSA) is 66.0 Å². The molecule has 196 valence electrons. The molecule has 0 amide bonds. The van der Waals surface area contributed by atoms with Gasteiger partial charge in [-0.05, 0) is 49.3 Å². The summed E-state index contributed by atoms with van der Waals surface area (Å²) >= 11 is 11.8. The summed E-state index contributed by atoms with van der Waals surface area (Å²) < 4.78 is 3.78. The fraction of sp³-hybridized carbons (Fsp3) is 0.231. The van der Waals surface area contributed by atoms with E-state index in [9.17, 15) is 14.4 Å². The van der Waals surface area contributed by atoms with Crippen LogP contribution in [0, 0.1) is 6.92 Å². The highest BCUT2D eigenvalue weighted by Crippen LogP contribution is 2.48. The van der Waals surface area contributed by atoms with E-state index in [4.69, 9.17) is 12.2 Å². The standard InChI is InChI=1S/C13H10S2.C10H13N3O3.C3H6S3/c1-9-6-7-12-13(8-9)15-11-5-3-2-4-10(11)14-12;1-4-6-12-8(14)11(3)9(15)13(7-5-2)10(12)16;1-5-3(4)6-2/h2-8H,1H3;4-5H,1-2,6-7H2,3H3;1-2H3. The lowest BCUT2D eigenvalue weighted by atomic mass is 10.2. The number of hydrogen-bond acceptors (Lipinski definition) is 8. The van der Waals surface area contributed by atoms with Crippen molar-refractivity contribution in [2.45, 2.75) is 39.6 Å². The van der Waals surface area contributed by atoms with Gasteiger partial charge in [-0.25, -0.2) is 28.1 Å². The van der Waals surface area contributed by atoms with Crippen molar-refractivity contribution in [1.29, 1.82) is 0 Å². The first-order valence-electron chi connectivity index (χ1n) is 11.0. The maximum absolute atomic E-state index is 11.8. The number of benzene rings is 2. The molecule has 0 fully saturated rings. The monoisotopic (exact) mass is 591 g/mol. The van der Waals surface area contributed by atoms with Gasteiger partial charge in [-0.3, -0.25) is 0 Å². The van der Waals surface area contributed by atoms with Crippen LogP contribution in [0.2, 0.25) is 0 Å². The van der Waals surface area contributed by atoms with E-state index in [1.807, 2.05) is 36.0 Å². The quantitative estimate of drug-likeness (QED) is 0.222. The Morgan fingerprint density at radius 3 is 1.73 bits per heavy atom. The molecular weight excluding hydrogens is 563 g/mol. The zero-order valence-corrected chi connectivity index (χ0v) is 25.2. The minimum absolute atomic E-state index is 0.0724. The molecule has 1 aliphatic heterocycles. The Kier molecular flexibility index (Phi) is 12.8. The number of rotatable bonds is 4. The molecule has 11 heteroatoms. The summed E-state index contributed by atoms with van der Waals surface area (Å²) in [5.41, 5.74) is -0.598. The van der Waals surface area contributed by atoms with E-state index in [-0.39, 0.29) is 13.1 Å². The third kappa shape index (κ3) is 8.41. The summed E-state index contributed by atoms with van der Waals surface area (Å²) in [4.78, 5) is 40.5. The zero-order valence-electron chi connectivity index (χ0n) is 21.1. The van der Waals surface area contributed by atoms with Gasteiger partial charge in [-0.2, -0.15) is 0 Å². The van der Waals surface area contributed by atoms with Crippen LogP contribution < -0.4 is 17.1 Å². The largest absolute Gasteiger partial charge is 0.336 e. The van der Waals surface area contributed by atoms with Crippen LogP contribution in [0.25, 0.3) is 0 Å². The lowest BCUT2D eigenvalue weighted by molar-refractivity contribution is 0.516. The second-order valence-electron chi connectivity index (χ2n) is 7.46. The van der Waals surface area contributed by atoms with Crippen molar-refractivity contribution < 1.29 is 0 Å². The van der Waals surface area contributed by atoms with Crippen LogP contribution in [0.1, 0.15) is 5.56 Å². The summed E-state index contributed by atoms with van der Waals surface area (Å²) in [7, 11) is 1.32. The lowest BCUT2D eigenvalue weighted by Crippen LogP contribution is -2.53. The van der Waals surface area contributed by atoms with Gasteiger partial charge < -0.3 is 0 Å². The van der Waals surface area contributed by atoms with Crippen molar-refractivity contribution in [3.05, 3.63) is 105 Å². The van der Waals surface area contributed by atoms with Gasteiger partial charge in [-0.1, -0.05) is 66.1 Å². The van der Waals surface area contributed by atoms with E-state index in [0.717, 1.165) is 17.2 Å². The molecule has 0 unspecified atom stereocenters. The van der Waals surface area contributed by atoms with Gasteiger partial charge in [0.2, 0.25) is 0 Å². The normalized spacial score (nSPS) is 11.0. The van der Waals surface area contributed by atoms with E-state index >= 15 is 0 Å². The summed E-state index contributed by atoms with van der Waals surface area (Å²) in [6, 6.07) is 15.3. The molecule has 1 aromatic heterocycles. The van der Waals surface area contributed by atoms with Gasteiger partial charge in [-0.15, -0.1) is 36.7 Å². The molecule has 0 bridgehead atoms. The maximum Gasteiger partial charge on any atom is 0.336 e. The van der Waals surface area contributed by atoms with Crippen LogP contribution in [-0.2, 0) is 20.1 Å². The summed E-state index contributed by atoms with van der Waals surface area (Å²) in [5, 5.41) is 0. The van der Waals surface area contributed by atoms with Gasteiger partial charge in [0.05, 0.1) is 13.1 Å². The molecule has 0 saturated heterocycles. The number of thiocarbonyl (C=S) groups is 1. The van der Waals surface area contributed by atoms with Crippen molar-refractivity contribution in [3.63, 3.8) is 0 Å². The Morgan fingerprint density at radius 2 is 1.30 bits per heavy atom. The fourth-order valence-electron chi connectivity index (χ4n) is 3.04. The molecular formula is C26H29N3O3S5. The molecule has 2 aromatic carbocycles. The van der Waals surface area contributed by atoms with Crippen LogP contribution in [0.4, 0.5) is 0 Å². The van der Waals surface area contributed by atoms with Crippen molar-refractivity contribution in [3.8, 4) is 0 Å². The number of fused-ring (bicyclic) bond motifs is 2. The van der Waals surface area contributed by atoms with Gasteiger partial charge >= 0.3 is 17.1 Å². The van der Waals surface area contributed by atoms with E-state index in [0.29, 0.717) is 0 Å². The minimum Gasteiger partial charge on any atom is -0.248 e. The molecule has 4 rings (SSSR count). The Hall–Kier alpha value is -2.18. The molecule has 3 aromatic rings. The highest BCUT2D eigenvalue weighted by Gasteiger charge is 2.15. The summed E-state index contributed by atoms with van der Waals surface area (Å²) in [6.45, 7) is 9.19. The van der Waals surface area contributed by atoms with Crippen molar-refractivity contribution in [1.82, 2.24) is 13.7 Å². The smallest absolute Gasteiger partial charge is 0.248 e. The molecule has 1 aliphatic rings. The molecule has 0 spiro atoms. The molecule has 6 nitrogen and oxygen atoms in total. The number of thioether (sulfide) groups is 2. The number of aryl methyl sites for hydroxylation is 1. The van der Waals surface area contributed by atoms with Crippen molar-refractivity contribution in [2.24, 2.45) is 7.05 Å². The highest BCUT2D eigenvalue weighted by atomic mass is 32.2. The van der Waals surface area contributed by atoms with E-state index in [1.165, 1.54) is 44.3 Å². The fourth-order valence-corrected chi connectivity index (χ4v) is 6.02. The number of allylic oxidation sites excluding steroid dienone is 2. The van der Waals surface area contributed by atoms with Crippen LogP contribution in [0.5, 0.6) is 0 Å². The number of aromatic nitrogens is 3. The molecule has 0 saturated carbocycles. The Bertz CT molecular complexity index is 1400. The maximum atomic E-state index is 11.8. The minimum atomic E-state index is -0.645.